The fourth-order valence-electron chi connectivity index (χ4n) is 1.33. The summed E-state index contributed by atoms with van der Waals surface area (Å²) < 4.78 is 9.24. The van der Waals surface area contributed by atoms with Crippen LogP contribution in [-0.2, 0) is 19.1 Å². The molecule has 0 fully saturated rings. The van der Waals surface area contributed by atoms with Gasteiger partial charge in [0, 0.05) is 13.8 Å². The minimum Gasteiger partial charge on any atom is -0.480 e. The molecular weight excluding hydrogens is 256 g/mol. The van der Waals surface area contributed by atoms with Crippen molar-refractivity contribution in [1.29, 1.82) is 0 Å². The monoisotopic (exact) mass is 276 g/mol. The Hall–Kier alpha value is -1.83. The van der Waals surface area contributed by atoms with Crippen LogP contribution in [0, 0.1) is 0 Å². The second-order valence-corrected chi connectivity index (χ2v) is 3.90. The van der Waals surface area contributed by atoms with Gasteiger partial charge in [0.2, 0.25) is 6.29 Å². The first-order valence-corrected chi connectivity index (χ1v) is 5.94. The van der Waals surface area contributed by atoms with Crippen LogP contribution >= 0.6 is 0 Å². The molecular formula is C11H20N2O6. The van der Waals surface area contributed by atoms with Gasteiger partial charge in [0.25, 0.3) is 0 Å². The molecule has 0 spiro atoms. The van der Waals surface area contributed by atoms with Gasteiger partial charge in [-0.2, -0.15) is 0 Å². The van der Waals surface area contributed by atoms with Crippen LogP contribution in [0.25, 0.3) is 0 Å². The summed E-state index contributed by atoms with van der Waals surface area (Å²) in [5.74, 6) is -1.76. The Morgan fingerprint density at radius 3 is 2.37 bits per heavy atom. The zero-order valence-corrected chi connectivity index (χ0v) is 11.0. The summed E-state index contributed by atoms with van der Waals surface area (Å²) in [4.78, 5) is 32.9. The van der Waals surface area contributed by atoms with Crippen LogP contribution in [0.4, 0.5) is 4.79 Å². The molecule has 0 radical (unpaired) electrons. The summed E-state index contributed by atoms with van der Waals surface area (Å²) in [6.45, 7) is 2.98. The van der Waals surface area contributed by atoms with Crippen LogP contribution in [0.15, 0.2) is 0 Å². The number of unbranched alkanes of at least 4 members (excludes halogenated alkanes) is 1. The summed E-state index contributed by atoms with van der Waals surface area (Å²) in [6.07, 6.45) is -0.522. The average molecular weight is 276 g/mol. The predicted octanol–water partition coefficient (Wildman–Crippen LogP) is 0.204. The number of alkyl carbamates (subject to hydrolysis) is 1. The Balaban J connectivity index is 4.16. The van der Waals surface area contributed by atoms with E-state index in [4.69, 9.17) is 10.8 Å². The molecule has 4 N–H and O–H groups in total. The van der Waals surface area contributed by atoms with E-state index >= 15 is 0 Å². The third kappa shape index (κ3) is 8.83. The summed E-state index contributed by atoms with van der Waals surface area (Å²) in [7, 11) is 0. The van der Waals surface area contributed by atoms with Crippen molar-refractivity contribution in [3.63, 3.8) is 0 Å². The molecule has 1 amide bonds. The minimum absolute atomic E-state index is 0.254. The lowest BCUT2D eigenvalue weighted by Crippen LogP contribution is -2.42. The molecule has 0 aliphatic carbocycles. The number of nitrogens with one attached hydrogen (secondary N) is 1. The maximum Gasteiger partial charge on any atom is 0.410 e. The molecule has 8 nitrogen and oxygen atoms in total. The number of ether oxygens (including phenoxy) is 2. The number of carboxylic acid groups (broad SMARTS) is 1. The second kappa shape index (κ2) is 9.15. The number of hydrogen-bond acceptors (Lipinski definition) is 6. The first-order chi connectivity index (χ1) is 8.86. The Morgan fingerprint density at radius 1 is 1.26 bits per heavy atom. The highest BCUT2D eigenvalue weighted by Gasteiger charge is 2.21. The fourth-order valence-corrected chi connectivity index (χ4v) is 1.33. The van der Waals surface area contributed by atoms with Gasteiger partial charge >= 0.3 is 18.0 Å². The highest BCUT2D eigenvalue weighted by Crippen LogP contribution is 2.02. The number of carbonyl (C=O) groups is 3. The van der Waals surface area contributed by atoms with Gasteiger partial charge in [-0.1, -0.05) is 0 Å². The molecule has 0 bridgehead atoms. The quantitative estimate of drug-likeness (QED) is 0.328. The van der Waals surface area contributed by atoms with Crippen molar-refractivity contribution >= 4 is 18.0 Å². The molecule has 0 heterocycles. The normalized spacial score (nSPS) is 13.2. The highest BCUT2D eigenvalue weighted by molar-refractivity contribution is 5.79. The van der Waals surface area contributed by atoms with Gasteiger partial charge in [-0.25, -0.2) is 9.59 Å². The van der Waals surface area contributed by atoms with Crippen molar-refractivity contribution in [2.75, 3.05) is 6.54 Å². The van der Waals surface area contributed by atoms with Crippen molar-refractivity contribution < 1.29 is 29.0 Å². The maximum absolute atomic E-state index is 11.4. The number of rotatable bonds is 8. The topological polar surface area (TPSA) is 128 Å². The molecule has 2 atom stereocenters. The first kappa shape index (κ1) is 17.2. The van der Waals surface area contributed by atoms with Gasteiger partial charge in [0.05, 0.1) is 0 Å². The molecule has 0 aromatic carbocycles. The van der Waals surface area contributed by atoms with E-state index in [1.165, 1.54) is 13.8 Å². The third-order valence-corrected chi connectivity index (χ3v) is 2.14. The van der Waals surface area contributed by atoms with Crippen LogP contribution in [0.2, 0.25) is 0 Å². The minimum atomic E-state index is -1.16. The van der Waals surface area contributed by atoms with Crippen molar-refractivity contribution in [2.24, 2.45) is 5.73 Å². The number of esters is 1. The Kier molecular flexibility index (Phi) is 8.27. The van der Waals surface area contributed by atoms with E-state index in [0.717, 1.165) is 0 Å². The maximum atomic E-state index is 11.4. The van der Waals surface area contributed by atoms with Gasteiger partial charge in [-0.15, -0.1) is 0 Å². The molecule has 0 aliphatic heterocycles. The lowest BCUT2D eigenvalue weighted by Gasteiger charge is -2.17. The zero-order valence-electron chi connectivity index (χ0n) is 11.0. The molecule has 19 heavy (non-hydrogen) atoms. The summed E-state index contributed by atoms with van der Waals surface area (Å²) in [5.41, 5.74) is 5.30. The molecule has 8 heteroatoms. The summed E-state index contributed by atoms with van der Waals surface area (Å²) in [6, 6.07) is -1.05. The molecule has 0 aromatic rings. The second-order valence-electron chi connectivity index (χ2n) is 3.90. The van der Waals surface area contributed by atoms with E-state index in [2.05, 4.69) is 14.8 Å². The van der Waals surface area contributed by atoms with Crippen LogP contribution in [0.3, 0.4) is 0 Å². The number of aliphatic carboxylic acids is 1. The van der Waals surface area contributed by atoms with E-state index in [0.29, 0.717) is 19.4 Å². The highest BCUT2D eigenvalue weighted by atomic mass is 16.7. The smallest absolute Gasteiger partial charge is 0.410 e. The van der Waals surface area contributed by atoms with E-state index in [-0.39, 0.29) is 6.42 Å². The third-order valence-electron chi connectivity index (χ3n) is 2.14. The van der Waals surface area contributed by atoms with E-state index in [1.54, 1.807) is 0 Å². The Labute approximate surface area is 111 Å². The Morgan fingerprint density at radius 2 is 1.89 bits per heavy atom. The van der Waals surface area contributed by atoms with Gasteiger partial charge < -0.3 is 25.6 Å². The first-order valence-electron chi connectivity index (χ1n) is 5.94. The zero-order chi connectivity index (χ0) is 14.8. The lowest BCUT2D eigenvalue weighted by molar-refractivity contribution is -0.162. The standard InChI is InChI=1S/C11H20N2O6/c1-7(14)18-8(2)19-11(17)13-9(10(15)16)5-3-4-6-12/h8-9H,3-6,12H2,1-2H3,(H,13,17)(H,15,16)/t8?,9-/m0/s1. The molecule has 0 saturated carbocycles. The molecule has 0 aromatic heterocycles. The van der Waals surface area contributed by atoms with Crippen LogP contribution in [0.5, 0.6) is 0 Å². The molecule has 0 rings (SSSR count). The molecule has 1 unspecified atom stereocenters. The Bertz CT molecular complexity index is 320. The number of carboxylic acids is 1. The van der Waals surface area contributed by atoms with Gasteiger partial charge in [-0.05, 0) is 25.8 Å². The van der Waals surface area contributed by atoms with Crippen molar-refractivity contribution in [3.05, 3.63) is 0 Å². The molecule has 0 saturated heterocycles. The van der Waals surface area contributed by atoms with Crippen LogP contribution in [0.1, 0.15) is 33.1 Å². The van der Waals surface area contributed by atoms with E-state index in [1.807, 2.05) is 0 Å². The number of nitrogens with two attached hydrogens (primary N) is 1. The molecule has 110 valence electrons. The molecule has 0 aliphatic rings. The predicted molar refractivity (Wildman–Crippen MR) is 65.2 cm³/mol. The van der Waals surface area contributed by atoms with Crippen molar-refractivity contribution in [2.45, 2.75) is 45.4 Å². The van der Waals surface area contributed by atoms with Gasteiger partial charge in [0.15, 0.2) is 0 Å². The number of amides is 1. The fraction of sp³-hybridized carbons (Fsp3) is 0.727. The summed E-state index contributed by atoms with van der Waals surface area (Å²) >= 11 is 0. The van der Waals surface area contributed by atoms with E-state index in [9.17, 15) is 14.4 Å². The largest absolute Gasteiger partial charge is 0.480 e. The van der Waals surface area contributed by atoms with Crippen LogP contribution in [-0.4, -0.2) is 42.0 Å². The van der Waals surface area contributed by atoms with Crippen LogP contribution < -0.4 is 11.1 Å². The van der Waals surface area contributed by atoms with Crippen molar-refractivity contribution in [3.8, 4) is 0 Å². The summed E-state index contributed by atoms with van der Waals surface area (Å²) in [5, 5.41) is 11.1. The lowest BCUT2D eigenvalue weighted by atomic mass is 10.1. The van der Waals surface area contributed by atoms with E-state index < -0.39 is 30.4 Å². The average Bonchev–Trinajstić information content (AvgIpc) is 2.26. The SMILES string of the molecule is CC(=O)OC(C)OC(=O)N[C@@H](CCCCN)C(=O)O. The number of hydrogen-bond donors (Lipinski definition) is 3. The number of carbonyl (C=O) groups excluding carboxylic acids is 2. The van der Waals surface area contributed by atoms with Gasteiger partial charge in [-0.3, -0.25) is 4.79 Å². The van der Waals surface area contributed by atoms with Gasteiger partial charge in [0.1, 0.15) is 6.04 Å². The van der Waals surface area contributed by atoms with Crippen molar-refractivity contribution in [1.82, 2.24) is 5.32 Å².